The first-order chi connectivity index (χ1) is 11.7. The normalized spacial score (nSPS) is 22.4. The molecule has 1 aliphatic carbocycles. The molecule has 2 aliphatic rings. The molecular weight excluding hydrogens is 318 g/mol. The summed E-state index contributed by atoms with van der Waals surface area (Å²) in [5, 5.41) is 13.9. The maximum Gasteiger partial charge on any atom is 0.239 e. The molecule has 0 aromatic carbocycles. The van der Waals surface area contributed by atoms with E-state index < -0.39 is 0 Å². The van der Waals surface area contributed by atoms with Crippen LogP contribution in [0.5, 0.6) is 0 Å². The Hall–Kier alpha value is -1.89. The van der Waals surface area contributed by atoms with Crippen LogP contribution in [0.3, 0.4) is 0 Å². The number of anilines is 1. The zero-order valence-electron chi connectivity index (χ0n) is 15.6. The van der Waals surface area contributed by atoms with Crippen molar-refractivity contribution in [3.8, 4) is 0 Å². The average molecular weight is 347 g/mol. The third kappa shape index (κ3) is 3.71. The van der Waals surface area contributed by atoms with E-state index in [2.05, 4.69) is 41.8 Å². The lowest BCUT2D eigenvalue weighted by Crippen LogP contribution is -2.68. The molecule has 1 saturated carbocycles. The topological polar surface area (TPSA) is 88.0 Å². The van der Waals surface area contributed by atoms with E-state index in [0.717, 1.165) is 31.4 Å². The van der Waals surface area contributed by atoms with Crippen LogP contribution in [0, 0.1) is 6.92 Å². The molecule has 3 N–H and O–H groups in total. The van der Waals surface area contributed by atoms with Crippen LogP contribution < -0.4 is 16.0 Å². The van der Waals surface area contributed by atoms with E-state index in [1.54, 1.807) is 0 Å². The molecule has 2 heterocycles. The Balaban J connectivity index is 1.59. The number of aromatic nitrogens is 2. The third-order valence-electron chi connectivity index (χ3n) is 5.20. The number of amides is 2. The fourth-order valence-corrected chi connectivity index (χ4v) is 3.81. The van der Waals surface area contributed by atoms with Crippen LogP contribution in [0.25, 0.3) is 0 Å². The summed E-state index contributed by atoms with van der Waals surface area (Å²) < 4.78 is 1.84. The summed E-state index contributed by atoms with van der Waals surface area (Å²) in [7, 11) is 0. The second kappa shape index (κ2) is 6.44. The number of piperidine rings is 1. The lowest BCUT2D eigenvalue weighted by Gasteiger charge is -2.51. The number of carbonyl (C=O) groups excluding carboxylic acids is 2. The minimum Gasteiger partial charge on any atom is -0.349 e. The summed E-state index contributed by atoms with van der Waals surface area (Å²) in [4.78, 5) is 24.1. The van der Waals surface area contributed by atoms with Gasteiger partial charge in [-0.05, 0) is 53.4 Å². The van der Waals surface area contributed by atoms with Crippen molar-refractivity contribution >= 4 is 17.6 Å². The third-order valence-corrected chi connectivity index (χ3v) is 5.20. The van der Waals surface area contributed by atoms with E-state index in [0.29, 0.717) is 12.2 Å². The maximum atomic E-state index is 12.4. The molecule has 1 aromatic heterocycles. The van der Waals surface area contributed by atoms with Crippen LogP contribution in [-0.4, -0.2) is 39.7 Å². The zero-order chi connectivity index (χ0) is 18.2. The highest BCUT2D eigenvalue weighted by atomic mass is 16.2. The number of hydrogen-bond donors (Lipinski definition) is 3. The molecular formula is C18H29N5O2. The fraction of sp³-hybridized carbons (Fsp3) is 0.722. The highest BCUT2D eigenvalue weighted by Crippen LogP contribution is 2.38. The highest BCUT2D eigenvalue weighted by Gasteiger charge is 2.47. The molecule has 3 rings (SSSR count). The Bertz CT molecular complexity index is 669. The van der Waals surface area contributed by atoms with Gasteiger partial charge in [-0.25, -0.2) is 4.68 Å². The van der Waals surface area contributed by atoms with Gasteiger partial charge in [0.1, 0.15) is 5.82 Å². The number of nitrogens with one attached hydrogen (secondary N) is 3. The van der Waals surface area contributed by atoms with Crippen LogP contribution in [0.4, 0.5) is 5.82 Å². The van der Waals surface area contributed by atoms with Gasteiger partial charge >= 0.3 is 0 Å². The SMILES string of the molecule is Cc1cc(NC(=O)CN[C@H]2CCC(=O)NC23CCC3)n(C(C)(C)C)n1. The van der Waals surface area contributed by atoms with Gasteiger partial charge in [-0.15, -0.1) is 0 Å². The fourth-order valence-electron chi connectivity index (χ4n) is 3.81. The Morgan fingerprint density at radius 1 is 1.44 bits per heavy atom. The standard InChI is InChI=1S/C18H29N5O2/c1-12-10-14(23(22-12)17(2,3)4)20-16(25)11-19-13-6-7-15(24)21-18(13)8-5-9-18/h10,13,19H,5-9,11H2,1-4H3,(H,20,25)(H,21,24)/t13-/m0/s1. The van der Waals surface area contributed by atoms with Crippen LogP contribution in [0.2, 0.25) is 0 Å². The van der Waals surface area contributed by atoms with Crippen LogP contribution in [0.1, 0.15) is 58.6 Å². The second-order valence-corrected chi connectivity index (χ2v) is 8.33. The molecule has 1 saturated heterocycles. The maximum absolute atomic E-state index is 12.4. The Labute approximate surface area is 148 Å². The van der Waals surface area contributed by atoms with Gasteiger partial charge in [-0.3, -0.25) is 9.59 Å². The first-order valence-corrected chi connectivity index (χ1v) is 9.11. The lowest BCUT2D eigenvalue weighted by molar-refractivity contribution is -0.128. The van der Waals surface area contributed by atoms with Gasteiger partial charge < -0.3 is 16.0 Å². The number of rotatable bonds is 4. The Kier molecular flexibility index (Phi) is 4.62. The first-order valence-electron chi connectivity index (χ1n) is 9.11. The van der Waals surface area contributed by atoms with Gasteiger partial charge in [0, 0.05) is 18.5 Å². The number of aryl methyl sites for hydroxylation is 1. The molecule has 0 radical (unpaired) electrons. The van der Waals surface area contributed by atoms with E-state index in [9.17, 15) is 9.59 Å². The first kappa shape index (κ1) is 17.9. The molecule has 1 aromatic rings. The highest BCUT2D eigenvalue weighted by molar-refractivity contribution is 5.91. The summed E-state index contributed by atoms with van der Waals surface area (Å²) in [6, 6.07) is 2.05. The van der Waals surface area contributed by atoms with Crippen molar-refractivity contribution < 1.29 is 9.59 Å². The molecule has 1 aliphatic heterocycles. The summed E-state index contributed by atoms with van der Waals surface area (Å²) >= 11 is 0. The smallest absolute Gasteiger partial charge is 0.239 e. The summed E-state index contributed by atoms with van der Waals surface area (Å²) in [5.74, 6) is 0.760. The van der Waals surface area contributed by atoms with Gasteiger partial charge in [0.25, 0.3) is 0 Å². The molecule has 2 fully saturated rings. The van der Waals surface area contributed by atoms with Gasteiger partial charge in [0.05, 0.1) is 23.3 Å². The minimum absolute atomic E-state index is 0.0863. The molecule has 138 valence electrons. The number of carbonyl (C=O) groups is 2. The molecule has 0 bridgehead atoms. The van der Waals surface area contributed by atoms with Crippen LogP contribution in [-0.2, 0) is 15.1 Å². The van der Waals surface area contributed by atoms with Crippen molar-refractivity contribution in [3.63, 3.8) is 0 Å². The van der Waals surface area contributed by atoms with E-state index in [1.807, 2.05) is 17.7 Å². The second-order valence-electron chi connectivity index (χ2n) is 8.33. The van der Waals surface area contributed by atoms with Crippen molar-refractivity contribution in [2.45, 2.75) is 76.9 Å². The molecule has 7 heteroatoms. The van der Waals surface area contributed by atoms with E-state index in [4.69, 9.17) is 0 Å². The van der Waals surface area contributed by atoms with Crippen molar-refractivity contribution in [1.82, 2.24) is 20.4 Å². The number of hydrogen-bond acceptors (Lipinski definition) is 4. The zero-order valence-corrected chi connectivity index (χ0v) is 15.6. The Morgan fingerprint density at radius 2 is 2.16 bits per heavy atom. The van der Waals surface area contributed by atoms with Crippen molar-refractivity contribution in [3.05, 3.63) is 11.8 Å². The van der Waals surface area contributed by atoms with Crippen molar-refractivity contribution in [2.75, 3.05) is 11.9 Å². The van der Waals surface area contributed by atoms with Gasteiger partial charge in [0.15, 0.2) is 0 Å². The predicted molar refractivity (Wildman–Crippen MR) is 96.3 cm³/mol. The van der Waals surface area contributed by atoms with E-state index in [-0.39, 0.29) is 35.5 Å². The van der Waals surface area contributed by atoms with E-state index >= 15 is 0 Å². The summed E-state index contributed by atoms with van der Waals surface area (Å²) in [5.41, 5.74) is 0.537. The summed E-state index contributed by atoms with van der Waals surface area (Å²) in [6.07, 6.45) is 4.44. The van der Waals surface area contributed by atoms with E-state index in [1.165, 1.54) is 0 Å². The average Bonchev–Trinajstić information content (AvgIpc) is 2.85. The predicted octanol–water partition coefficient (Wildman–Crippen LogP) is 1.68. The Morgan fingerprint density at radius 3 is 2.76 bits per heavy atom. The molecule has 1 spiro atoms. The molecule has 2 amide bonds. The van der Waals surface area contributed by atoms with Crippen LogP contribution in [0.15, 0.2) is 6.07 Å². The van der Waals surface area contributed by atoms with Gasteiger partial charge in [-0.2, -0.15) is 5.10 Å². The molecule has 25 heavy (non-hydrogen) atoms. The number of nitrogens with zero attached hydrogens (tertiary/aromatic N) is 2. The molecule has 7 nitrogen and oxygen atoms in total. The molecule has 1 atom stereocenters. The quantitative estimate of drug-likeness (QED) is 0.773. The molecule has 0 unspecified atom stereocenters. The van der Waals surface area contributed by atoms with Gasteiger partial charge in [-0.1, -0.05) is 0 Å². The minimum atomic E-state index is -0.200. The van der Waals surface area contributed by atoms with Crippen molar-refractivity contribution in [2.24, 2.45) is 0 Å². The lowest BCUT2D eigenvalue weighted by atomic mass is 9.68. The monoisotopic (exact) mass is 347 g/mol. The largest absolute Gasteiger partial charge is 0.349 e. The van der Waals surface area contributed by atoms with Crippen LogP contribution >= 0.6 is 0 Å². The van der Waals surface area contributed by atoms with Gasteiger partial charge in [0.2, 0.25) is 11.8 Å². The van der Waals surface area contributed by atoms with Crippen molar-refractivity contribution in [1.29, 1.82) is 0 Å². The summed E-state index contributed by atoms with van der Waals surface area (Å²) in [6.45, 7) is 8.31.